The van der Waals surface area contributed by atoms with E-state index < -0.39 is 17.5 Å². The molecular formula is C23H29NO5. The summed E-state index contributed by atoms with van der Waals surface area (Å²) in [6.45, 7) is 1.62. The molecule has 6 nitrogen and oxygen atoms in total. The lowest BCUT2D eigenvalue weighted by Crippen LogP contribution is -2.32. The molecule has 0 aromatic carbocycles. The Hall–Kier alpha value is -2.73. The number of amides is 1. The highest BCUT2D eigenvalue weighted by Crippen LogP contribution is 2.22. The van der Waals surface area contributed by atoms with E-state index in [-0.39, 0.29) is 29.6 Å². The molecule has 0 fully saturated rings. The van der Waals surface area contributed by atoms with Crippen LogP contribution in [0.2, 0.25) is 0 Å². The highest BCUT2D eigenvalue weighted by atomic mass is 16.5. The van der Waals surface area contributed by atoms with E-state index in [2.05, 4.69) is 5.32 Å². The number of hydrogen-bond acceptors (Lipinski definition) is 5. The van der Waals surface area contributed by atoms with Crippen molar-refractivity contribution in [3.63, 3.8) is 0 Å². The first kappa shape index (κ1) is 22.6. The Labute approximate surface area is 171 Å². The van der Waals surface area contributed by atoms with Crippen LogP contribution in [-0.2, 0) is 19.1 Å². The van der Waals surface area contributed by atoms with E-state index in [0.717, 1.165) is 38.2 Å². The summed E-state index contributed by atoms with van der Waals surface area (Å²) < 4.78 is 5.14. The summed E-state index contributed by atoms with van der Waals surface area (Å²) in [5, 5.41) is 12.5. The van der Waals surface area contributed by atoms with E-state index in [1.54, 1.807) is 19.1 Å². The fraction of sp³-hybridized carbons (Fsp3) is 0.435. The first-order valence-corrected chi connectivity index (χ1v) is 9.99. The molecule has 2 N–H and O–H groups in total. The maximum atomic E-state index is 12.8. The number of ether oxygens (including phenoxy) is 1. The molecule has 0 unspecified atom stereocenters. The molecule has 0 aromatic heterocycles. The Morgan fingerprint density at radius 2 is 1.90 bits per heavy atom. The topological polar surface area (TPSA) is 92.7 Å². The van der Waals surface area contributed by atoms with Crippen molar-refractivity contribution >= 4 is 17.5 Å². The van der Waals surface area contributed by atoms with Crippen LogP contribution in [0.1, 0.15) is 51.9 Å². The maximum Gasteiger partial charge on any atom is 0.251 e. The van der Waals surface area contributed by atoms with Crippen LogP contribution in [0.3, 0.4) is 0 Å². The molecular weight excluding hydrogens is 370 g/mol. The van der Waals surface area contributed by atoms with Crippen LogP contribution in [0.15, 0.2) is 59.1 Å². The number of Topliss-reactive ketones (excluding diaryl/α,β-unsaturated/α-hetero) is 1. The molecule has 2 aliphatic rings. The Balaban J connectivity index is 2.25. The second kappa shape index (κ2) is 11.3. The molecule has 6 heteroatoms. The van der Waals surface area contributed by atoms with Gasteiger partial charge >= 0.3 is 0 Å². The van der Waals surface area contributed by atoms with Crippen LogP contribution >= 0.6 is 0 Å². The molecule has 156 valence electrons. The SMILES string of the molecule is COC1=C2C/C=C/CCCCC[C@H](O)C/C=C/C=C(\C)C(=O)NC(=CC1=O)C2=O. The number of rotatable bonds is 1. The number of carbonyl (C=O) groups excluding carboxylic acids is 3. The van der Waals surface area contributed by atoms with Crippen molar-refractivity contribution in [2.75, 3.05) is 7.11 Å². The van der Waals surface area contributed by atoms with Gasteiger partial charge in [-0.05, 0) is 39.0 Å². The van der Waals surface area contributed by atoms with E-state index in [9.17, 15) is 19.5 Å². The van der Waals surface area contributed by atoms with E-state index in [1.807, 2.05) is 18.2 Å². The third-order valence-electron chi connectivity index (χ3n) is 4.89. The van der Waals surface area contributed by atoms with Gasteiger partial charge < -0.3 is 15.2 Å². The Bertz CT molecular complexity index is 798. The lowest BCUT2D eigenvalue weighted by molar-refractivity contribution is -0.120. The summed E-state index contributed by atoms with van der Waals surface area (Å²) in [7, 11) is 1.36. The largest absolute Gasteiger partial charge is 0.492 e. The molecule has 0 aromatic rings. The normalized spacial score (nSPS) is 26.9. The van der Waals surface area contributed by atoms with Gasteiger partial charge in [0.2, 0.25) is 11.6 Å². The minimum Gasteiger partial charge on any atom is -0.492 e. The molecule has 1 atom stereocenters. The number of methoxy groups -OCH3 is 1. The monoisotopic (exact) mass is 399 g/mol. The summed E-state index contributed by atoms with van der Waals surface area (Å²) in [4.78, 5) is 37.5. The summed E-state index contributed by atoms with van der Waals surface area (Å²) in [5.74, 6) is -1.29. The summed E-state index contributed by atoms with van der Waals surface area (Å²) in [6.07, 6.45) is 15.0. The fourth-order valence-electron chi connectivity index (χ4n) is 3.18. The van der Waals surface area contributed by atoms with Gasteiger partial charge in [-0.2, -0.15) is 0 Å². The Morgan fingerprint density at radius 3 is 2.66 bits per heavy atom. The molecule has 0 saturated carbocycles. The average Bonchev–Trinajstić information content (AvgIpc) is 2.69. The predicted molar refractivity (Wildman–Crippen MR) is 111 cm³/mol. The molecule has 1 aliphatic heterocycles. The summed E-state index contributed by atoms with van der Waals surface area (Å²) >= 11 is 0. The van der Waals surface area contributed by atoms with Crippen molar-refractivity contribution in [1.82, 2.24) is 5.32 Å². The van der Waals surface area contributed by atoms with Gasteiger partial charge in [0.25, 0.3) is 5.91 Å². The number of carbonyl (C=O) groups is 3. The van der Waals surface area contributed by atoms with Gasteiger partial charge in [0.05, 0.1) is 24.5 Å². The van der Waals surface area contributed by atoms with Crippen molar-refractivity contribution in [2.24, 2.45) is 0 Å². The van der Waals surface area contributed by atoms with Crippen LogP contribution in [0, 0.1) is 0 Å². The molecule has 2 rings (SSSR count). The zero-order chi connectivity index (χ0) is 21.2. The van der Waals surface area contributed by atoms with Crippen LogP contribution < -0.4 is 5.32 Å². The molecule has 0 spiro atoms. The van der Waals surface area contributed by atoms with Crippen molar-refractivity contribution in [1.29, 1.82) is 0 Å². The van der Waals surface area contributed by atoms with Crippen molar-refractivity contribution in [3.05, 3.63) is 59.1 Å². The number of nitrogens with one attached hydrogen (secondary N) is 1. The maximum absolute atomic E-state index is 12.8. The first-order chi connectivity index (χ1) is 13.9. The van der Waals surface area contributed by atoms with Crippen molar-refractivity contribution in [2.45, 2.75) is 58.0 Å². The minimum atomic E-state index is -0.462. The van der Waals surface area contributed by atoms with Crippen LogP contribution in [0.4, 0.5) is 0 Å². The van der Waals surface area contributed by atoms with Crippen LogP contribution in [-0.4, -0.2) is 35.8 Å². The zero-order valence-electron chi connectivity index (χ0n) is 17.1. The van der Waals surface area contributed by atoms with Crippen molar-refractivity contribution < 1.29 is 24.2 Å². The molecule has 1 amide bonds. The average molecular weight is 399 g/mol. The van der Waals surface area contributed by atoms with Crippen LogP contribution in [0.5, 0.6) is 0 Å². The smallest absolute Gasteiger partial charge is 0.251 e. The molecule has 0 saturated heterocycles. The number of aliphatic hydroxyl groups is 1. The van der Waals surface area contributed by atoms with Gasteiger partial charge in [0.1, 0.15) is 0 Å². The van der Waals surface area contributed by atoms with E-state index in [0.29, 0.717) is 12.0 Å². The zero-order valence-corrected chi connectivity index (χ0v) is 17.1. The predicted octanol–water partition coefficient (Wildman–Crippen LogP) is 3.20. The number of fused-ring (bicyclic) bond motifs is 2. The lowest BCUT2D eigenvalue weighted by Gasteiger charge is -2.18. The van der Waals surface area contributed by atoms with Gasteiger partial charge in [-0.25, -0.2) is 0 Å². The molecule has 1 heterocycles. The quantitative estimate of drug-likeness (QED) is 0.522. The van der Waals surface area contributed by atoms with Gasteiger partial charge in [-0.15, -0.1) is 0 Å². The Kier molecular flexibility index (Phi) is 8.80. The van der Waals surface area contributed by atoms with E-state index in [4.69, 9.17) is 4.74 Å². The van der Waals surface area contributed by atoms with Gasteiger partial charge in [0, 0.05) is 11.6 Å². The van der Waals surface area contributed by atoms with Gasteiger partial charge in [-0.1, -0.05) is 43.2 Å². The lowest BCUT2D eigenvalue weighted by atomic mass is 9.95. The standard InChI is InChI=1S/C23H29NO5/c1-16-11-9-10-13-17(25)12-7-5-3-4-6-8-14-18-21(27)19(24-23(16)28)15-20(26)22(18)29-2/h6,8-11,15,17,25H,3-5,7,12-14H2,1-2H3,(H,24,28)/b8-6+,10-9+,16-11+/t17-/m0/s1. The van der Waals surface area contributed by atoms with Gasteiger partial charge in [0.15, 0.2) is 5.76 Å². The minimum absolute atomic E-state index is 0.0210. The van der Waals surface area contributed by atoms with E-state index >= 15 is 0 Å². The number of allylic oxidation sites excluding steroid dienone is 6. The van der Waals surface area contributed by atoms with E-state index in [1.165, 1.54) is 7.11 Å². The van der Waals surface area contributed by atoms with Crippen molar-refractivity contribution in [3.8, 4) is 0 Å². The third-order valence-corrected chi connectivity index (χ3v) is 4.89. The molecule has 29 heavy (non-hydrogen) atoms. The van der Waals surface area contributed by atoms with Crippen LogP contribution in [0.25, 0.3) is 0 Å². The summed E-state index contributed by atoms with van der Waals surface area (Å²) in [5.41, 5.74) is 0.584. The molecule has 0 radical (unpaired) electrons. The number of ketones is 2. The highest BCUT2D eigenvalue weighted by Gasteiger charge is 2.29. The molecule has 2 bridgehead atoms. The number of aliphatic hydroxyl groups excluding tert-OH is 1. The highest BCUT2D eigenvalue weighted by molar-refractivity contribution is 6.23. The second-order valence-electron chi connectivity index (χ2n) is 7.20. The first-order valence-electron chi connectivity index (χ1n) is 9.99. The second-order valence-corrected chi connectivity index (χ2v) is 7.20. The molecule has 1 aliphatic carbocycles. The Morgan fingerprint density at radius 1 is 1.10 bits per heavy atom. The fourth-order valence-corrected chi connectivity index (χ4v) is 3.18. The summed E-state index contributed by atoms with van der Waals surface area (Å²) in [6, 6.07) is 0. The van der Waals surface area contributed by atoms with Gasteiger partial charge in [-0.3, -0.25) is 14.4 Å². The number of hydrogen-bond donors (Lipinski definition) is 2. The third kappa shape index (κ3) is 6.68.